The van der Waals surface area contributed by atoms with Gasteiger partial charge in [-0.25, -0.2) is 34.1 Å². The van der Waals surface area contributed by atoms with Crippen LogP contribution in [-0.4, -0.2) is 56.4 Å². The number of aliphatic hydroxyl groups excluding tert-OH is 1. The van der Waals surface area contributed by atoms with Crippen LogP contribution in [0, 0.1) is 12.7 Å². The van der Waals surface area contributed by atoms with Gasteiger partial charge >= 0.3 is 6.09 Å². The maximum atomic E-state index is 14.7. The summed E-state index contributed by atoms with van der Waals surface area (Å²) >= 11 is 1.37. The first-order valence-corrected chi connectivity index (χ1v) is 12.2. The topological polar surface area (TPSA) is 141 Å². The minimum Gasteiger partial charge on any atom is -0.487 e. The lowest BCUT2D eigenvalue weighted by atomic mass is 10.1. The molecule has 0 bridgehead atoms. The highest BCUT2D eigenvalue weighted by Crippen LogP contribution is 2.37. The zero-order valence-corrected chi connectivity index (χ0v) is 21.1. The van der Waals surface area contributed by atoms with Crippen molar-refractivity contribution in [3.63, 3.8) is 0 Å². The van der Waals surface area contributed by atoms with Crippen molar-refractivity contribution in [3.8, 4) is 22.2 Å². The molecule has 194 valence electrons. The molecule has 0 saturated carbocycles. The van der Waals surface area contributed by atoms with E-state index in [-0.39, 0.29) is 31.4 Å². The smallest absolute Gasteiger partial charge is 0.411 e. The van der Waals surface area contributed by atoms with Gasteiger partial charge in [-0.15, -0.1) is 11.3 Å². The Hall–Kier alpha value is -4.49. The second kappa shape index (κ2) is 10.9. The molecule has 1 amide bonds. The van der Waals surface area contributed by atoms with Gasteiger partial charge in [0.2, 0.25) is 5.88 Å². The Morgan fingerprint density at radius 3 is 2.63 bits per heavy atom. The molecule has 5 aromatic rings. The number of nitrogens with zero attached hydrogens (tertiary/aromatic N) is 5. The Morgan fingerprint density at radius 2 is 1.87 bits per heavy atom. The average Bonchev–Trinajstić information content (AvgIpc) is 3.33. The number of methoxy groups -OCH3 is 1. The zero-order valence-electron chi connectivity index (χ0n) is 20.3. The van der Waals surface area contributed by atoms with Crippen LogP contribution in [0.2, 0.25) is 0 Å². The molecule has 2 N–H and O–H groups in total. The van der Waals surface area contributed by atoms with Crippen molar-refractivity contribution in [1.82, 2.24) is 24.9 Å². The minimum absolute atomic E-state index is 0.0170. The van der Waals surface area contributed by atoms with E-state index < -0.39 is 11.9 Å². The number of fused-ring (bicyclic) bond motifs is 2. The third-order valence-electron chi connectivity index (χ3n) is 5.32. The fourth-order valence-corrected chi connectivity index (χ4v) is 4.60. The Morgan fingerprint density at radius 1 is 1.05 bits per heavy atom. The first-order valence-electron chi connectivity index (χ1n) is 11.3. The molecule has 3 heterocycles. The summed E-state index contributed by atoms with van der Waals surface area (Å²) in [4.78, 5) is 33.2. The highest BCUT2D eigenvalue weighted by atomic mass is 32.1. The molecule has 0 saturated heterocycles. The SMILES string of the molecule is COc1cnc2c(-c3nc4cc(F)c(OCCOC(=O)Nc5cnc(CO)nc5)cc4s3)cc(C)cc2n1. The molecular weight excluding hydrogens is 515 g/mol. The van der Waals surface area contributed by atoms with Gasteiger partial charge in [0.1, 0.15) is 24.8 Å². The number of rotatable bonds is 8. The zero-order chi connectivity index (χ0) is 26.6. The first-order chi connectivity index (χ1) is 18.4. The predicted molar refractivity (Wildman–Crippen MR) is 138 cm³/mol. The van der Waals surface area contributed by atoms with Crippen molar-refractivity contribution in [1.29, 1.82) is 0 Å². The summed E-state index contributed by atoms with van der Waals surface area (Å²) in [6, 6.07) is 6.75. The van der Waals surface area contributed by atoms with E-state index in [1.807, 2.05) is 19.1 Å². The third-order valence-corrected chi connectivity index (χ3v) is 6.37. The summed E-state index contributed by atoms with van der Waals surface area (Å²) in [5, 5.41) is 12.1. The quantitative estimate of drug-likeness (QED) is 0.276. The number of carbonyl (C=O) groups excluding carboxylic acids is 1. The Balaban J connectivity index is 1.27. The molecular formula is C25H21FN6O5S. The number of benzene rings is 2. The van der Waals surface area contributed by atoms with E-state index in [2.05, 4.69) is 30.2 Å². The predicted octanol–water partition coefficient (Wildman–Crippen LogP) is 4.27. The summed E-state index contributed by atoms with van der Waals surface area (Å²) < 4.78 is 31.2. The van der Waals surface area contributed by atoms with Gasteiger partial charge in [0.25, 0.3) is 0 Å². The molecule has 13 heteroatoms. The summed E-state index contributed by atoms with van der Waals surface area (Å²) in [6.07, 6.45) is 3.48. The van der Waals surface area contributed by atoms with Crippen LogP contribution in [0.3, 0.4) is 0 Å². The molecule has 0 radical (unpaired) electrons. The van der Waals surface area contributed by atoms with Gasteiger partial charge in [0.05, 0.1) is 52.6 Å². The largest absolute Gasteiger partial charge is 0.487 e. The Bertz CT molecular complexity index is 1630. The fraction of sp³-hybridized carbons (Fsp3) is 0.200. The number of halogens is 1. The molecule has 5 rings (SSSR count). The van der Waals surface area contributed by atoms with Crippen molar-refractivity contribution in [2.24, 2.45) is 0 Å². The van der Waals surface area contributed by atoms with Gasteiger partial charge in [-0.2, -0.15) is 0 Å². The van der Waals surface area contributed by atoms with Gasteiger partial charge in [0.15, 0.2) is 17.4 Å². The lowest BCUT2D eigenvalue weighted by molar-refractivity contribution is 0.136. The number of anilines is 1. The number of aliphatic hydroxyl groups is 1. The van der Waals surface area contributed by atoms with Crippen LogP contribution < -0.4 is 14.8 Å². The fourth-order valence-electron chi connectivity index (χ4n) is 3.61. The second-order valence-corrected chi connectivity index (χ2v) is 9.05. The molecule has 0 aliphatic heterocycles. The van der Waals surface area contributed by atoms with Gasteiger partial charge in [-0.05, 0) is 24.6 Å². The summed E-state index contributed by atoms with van der Waals surface area (Å²) in [6.45, 7) is 1.46. The van der Waals surface area contributed by atoms with E-state index in [1.54, 1.807) is 12.3 Å². The highest BCUT2D eigenvalue weighted by molar-refractivity contribution is 7.21. The van der Waals surface area contributed by atoms with E-state index in [1.165, 1.54) is 36.9 Å². The van der Waals surface area contributed by atoms with Crippen LogP contribution >= 0.6 is 11.3 Å². The molecule has 2 aromatic carbocycles. The van der Waals surface area contributed by atoms with Gasteiger partial charge in [0, 0.05) is 17.7 Å². The average molecular weight is 537 g/mol. The van der Waals surface area contributed by atoms with Crippen LogP contribution in [0.15, 0.2) is 42.9 Å². The van der Waals surface area contributed by atoms with Crippen molar-refractivity contribution in [3.05, 3.63) is 60.1 Å². The third kappa shape index (κ3) is 5.43. The van der Waals surface area contributed by atoms with Crippen LogP contribution in [0.5, 0.6) is 11.6 Å². The van der Waals surface area contributed by atoms with Crippen molar-refractivity contribution >= 4 is 44.4 Å². The van der Waals surface area contributed by atoms with Gasteiger partial charge in [-0.1, -0.05) is 0 Å². The van der Waals surface area contributed by atoms with E-state index in [0.29, 0.717) is 33.1 Å². The number of ether oxygens (including phenoxy) is 3. The number of hydrogen-bond donors (Lipinski definition) is 2. The lowest BCUT2D eigenvalue weighted by Gasteiger charge is -2.09. The van der Waals surface area contributed by atoms with Crippen molar-refractivity contribution in [2.45, 2.75) is 13.5 Å². The summed E-state index contributed by atoms with van der Waals surface area (Å²) in [5.74, 6) is 0.0715. The number of nitrogens with one attached hydrogen (secondary N) is 1. The number of amides is 1. The van der Waals surface area contributed by atoms with E-state index in [4.69, 9.17) is 19.3 Å². The first kappa shape index (κ1) is 25.2. The van der Waals surface area contributed by atoms with Crippen LogP contribution in [0.4, 0.5) is 14.9 Å². The Labute approximate surface area is 219 Å². The van der Waals surface area contributed by atoms with Crippen LogP contribution in [-0.2, 0) is 11.3 Å². The number of thiazole rings is 1. The van der Waals surface area contributed by atoms with Crippen molar-refractivity contribution < 1.29 is 28.5 Å². The lowest BCUT2D eigenvalue weighted by Crippen LogP contribution is -2.18. The van der Waals surface area contributed by atoms with Crippen LogP contribution in [0.25, 0.3) is 31.8 Å². The molecule has 3 aromatic heterocycles. The second-order valence-electron chi connectivity index (χ2n) is 8.02. The monoisotopic (exact) mass is 536 g/mol. The summed E-state index contributed by atoms with van der Waals surface area (Å²) in [5.41, 5.74) is 3.89. The molecule has 0 atom stereocenters. The van der Waals surface area contributed by atoms with Crippen molar-refractivity contribution in [2.75, 3.05) is 25.6 Å². The molecule has 11 nitrogen and oxygen atoms in total. The normalized spacial score (nSPS) is 11.1. The maximum absolute atomic E-state index is 14.7. The van der Waals surface area contributed by atoms with E-state index >= 15 is 0 Å². The van der Waals surface area contributed by atoms with Crippen LogP contribution in [0.1, 0.15) is 11.4 Å². The standard InChI is InChI=1S/C25H21FN6O5S/c1-13-5-15(23-18(6-13)31-22(35-2)11-29-23)24-32-17-7-16(26)19(8-20(17)38-24)36-3-4-37-25(34)30-14-9-27-21(12-33)28-10-14/h5-11,33H,3-4,12H2,1-2H3,(H,30,34). The molecule has 0 fully saturated rings. The molecule has 0 aliphatic carbocycles. The molecule has 0 spiro atoms. The molecule has 0 unspecified atom stereocenters. The van der Waals surface area contributed by atoms with Gasteiger partial charge in [-0.3, -0.25) is 5.32 Å². The number of aryl methyl sites for hydroxylation is 1. The van der Waals surface area contributed by atoms with E-state index in [9.17, 15) is 9.18 Å². The Kier molecular flexibility index (Phi) is 7.20. The molecule has 0 aliphatic rings. The minimum atomic E-state index is -0.747. The maximum Gasteiger partial charge on any atom is 0.411 e. The number of hydrogen-bond acceptors (Lipinski definition) is 11. The number of aromatic nitrogens is 5. The van der Waals surface area contributed by atoms with E-state index in [0.717, 1.165) is 15.8 Å². The molecule has 38 heavy (non-hydrogen) atoms. The summed E-state index contributed by atoms with van der Waals surface area (Å²) in [7, 11) is 1.53. The highest BCUT2D eigenvalue weighted by Gasteiger charge is 2.16. The van der Waals surface area contributed by atoms with Gasteiger partial charge < -0.3 is 19.3 Å². The number of carbonyl (C=O) groups is 1.